The lowest BCUT2D eigenvalue weighted by Gasteiger charge is -2.18. The lowest BCUT2D eigenvalue weighted by atomic mass is 9.99. The summed E-state index contributed by atoms with van der Waals surface area (Å²) in [4.78, 5) is 0. The van der Waals surface area contributed by atoms with Crippen molar-refractivity contribution in [2.45, 2.75) is 12.5 Å². The van der Waals surface area contributed by atoms with E-state index in [1.807, 2.05) is 12.1 Å². The van der Waals surface area contributed by atoms with Crippen LogP contribution in [0, 0.1) is 5.82 Å². The second-order valence-electron chi connectivity index (χ2n) is 4.33. The van der Waals surface area contributed by atoms with E-state index in [1.165, 1.54) is 12.1 Å². The third-order valence-corrected chi connectivity index (χ3v) is 4.97. The van der Waals surface area contributed by atoms with Crippen LogP contribution in [0.5, 0.6) is 0 Å². The molecule has 0 aromatic heterocycles. The molecule has 2 rings (SSSR count). The molecule has 106 valence electrons. The minimum atomic E-state index is -0.267. The van der Waals surface area contributed by atoms with Crippen molar-refractivity contribution in [1.29, 1.82) is 0 Å². The first-order valence-corrected chi connectivity index (χ1v) is 7.82. The quantitative estimate of drug-likeness (QED) is 0.551. The number of hydrazine groups is 1. The van der Waals surface area contributed by atoms with Gasteiger partial charge in [-0.05, 0) is 63.8 Å². The topological polar surface area (TPSA) is 38.0 Å². The number of rotatable bonds is 4. The standard InChI is InChI=1S/C14H12Br2ClFN2/c15-11-3-2-10(18)5-9(11)7-14(20-19)8-1-4-13(17)12(16)6-8/h1-6,14,20H,7,19H2. The van der Waals surface area contributed by atoms with Gasteiger partial charge < -0.3 is 0 Å². The van der Waals surface area contributed by atoms with Crippen LogP contribution >= 0.6 is 43.5 Å². The molecule has 20 heavy (non-hydrogen) atoms. The fourth-order valence-corrected chi connectivity index (χ4v) is 2.84. The fraction of sp³-hybridized carbons (Fsp3) is 0.143. The predicted octanol–water partition coefficient (Wildman–Crippen LogP) is 4.75. The second-order valence-corrected chi connectivity index (χ2v) is 6.45. The van der Waals surface area contributed by atoms with E-state index in [2.05, 4.69) is 37.3 Å². The van der Waals surface area contributed by atoms with Crippen molar-refractivity contribution < 1.29 is 4.39 Å². The smallest absolute Gasteiger partial charge is 0.123 e. The molecule has 1 unspecified atom stereocenters. The highest BCUT2D eigenvalue weighted by Crippen LogP contribution is 2.29. The van der Waals surface area contributed by atoms with Gasteiger partial charge in [0.15, 0.2) is 0 Å². The van der Waals surface area contributed by atoms with E-state index in [9.17, 15) is 4.39 Å². The molecule has 0 saturated heterocycles. The van der Waals surface area contributed by atoms with Crippen molar-refractivity contribution in [2.24, 2.45) is 5.84 Å². The molecule has 0 heterocycles. The second kappa shape index (κ2) is 7.00. The van der Waals surface area contributed by atoms with Crippen LogP contribution in [0.15, 0.2) is 45.3 Å². The van der Waals surface area contributed by atoms with Crippen LogP contribution < -0.4 is 11.3 Å². The van der Waals surface area contributed by atoms with Crippen LogP contribution in [0.2, 0.25) is 5.02 Å². The minimum absolute atomic E-state index is 0.137. The van der Waals surface area contributed by atoms with Crippen LogP contribution in [0.4, 0.5) is 4.39 Å². The SMILES string of the molecule is NNC(Cc1cc(F)ccc1Br)c1ccc(Cl)c(Br)c1. The number of nitrogens with two attached hydrogens (primary N) is 1. The molecule has 0 spiro atoms. The van der Waals surface area contributed by atoms with Crippen molar-refractivity contribution in [3.8, 4) is 0 Å². The Balaban J connectivity index is 2.28. The van der Waals surface area contributed by atoms with Gasteiger partial charge in [0.05, 0.1) is 11.1 Å². The van der Waals surface area contributed by atoms with Crippen molar-refractivity contribution >= 4 is 43.5 Å². The number of benzene rings is 2. The van der Waals surface area contributed by atoms with Gasteiger partial charge in [0.2, 0.25) is 0 Å². The largest absolute Gasteiger partial charge is 0.271 e. The summed E-state index contributed by atoms with van der Waals surface area (Å²) in [6.07, 6.45) is 0.558. The van der Waals surface area contributed by atoms with Crippen LogP contribution in [0.1, 0.15) is 17.2 Å². The molecule has 6 heteroatoms. The van der Waals surface area contributed by atoms with Crippen molar-refractivity contribution in [1.82, 2.24) is 5.43 Å². The average molecular weight is 423 g/mol. The van der Waals surface area contributed by atoms with Crippen molar-refractivity contribution in [3.05, 3.63) is 67.3 Å². The summed E-state index contributed by atoms with van der Waals surface area (Å²) in [5.41, 5.74) is 4.57. The Bertz CT molecular complexity index is 622. The Kier molecular flexibility index (Phi) is 5.57. The molecule has 0 fully saturated rings. The van der Waals surface area contributed by atoms with E-state index < -0.39 is 0 Å². The molecule has 0 radical (unpaired) electrons. The molecular weight excluding hydrogens is 410 g/mol. The lowest BCUT2D eigenvalue weighted by Crippen LogP contribution is -2.29. The highest BCUT2D eigenvalue weighted by molar-refractivity contribution is 9.10. The van der Waals surface area contributed by atoms with Crippen LogP contribution in [-0.2, 0) is 6.42 Å². The summed E-state index contributed by atoms with van der Waals surface area (Å²) < 4.78 is 15.0. The van der Waals surface area contributed by atoms with Gasteiger partial charge in [-0.2, -0.15) is 0 Å². The number of halogens is 4. The maximum atomic E-state index is 13.3. The first kappa shape index (κ1) is 15.9. The summed E-state index contributed by atoms with van der Waals surface area (Å²) in [6, 6.07) is 10.1. The van der Waals surface area contributed by atoms with E-state index in [0.29, 0.717) is 11.4 Å². The van der Waals surface area contributed by atoms with Gasteiger partial charge in [-0.25, -0.2) is 4.39 Å². The third kappa shape index (κ3) is 3.80. The van der Waals surface area contributed by atoms with Crippen LogP contribution in [0.25, 0.3) is 0 Å². The normalized spacial score (nSPS) is 12.4. The minimum Gasteiger partial charge on any atom is -0.271 e. The molecular formula is C14H12Br2ClFN2. The zero-order valence-corrected chi connectivity index (χ0v) is 14.3. The number of hydrogen-bond acceptors (Lipinski definition) is 2. The molecule has 2 nitrogen and oxygen atoms in total. The Morgan fingerprint density at radius 3 is 2.55 bits per heavy atom. The Labute approximate surface area is 138 Å². The maximum Gasteiger partial charge on any atom is 0.123 e. The maximum absolute atomic E-state index is 13.3. The first-order valence-electron chi connectivity index (χ1n) is 5.86. The van der Waals surface area contributed by atoms with Crippen molar-refractivity contribution in [3.63, 3.8) is 0 Å². The number of hydrogen-bond donors (Lipinski definition) is 2. The van der Waals surface area contributed by atoms with Crippen molar-refractivity contribution in [2.75, 3.05) is 0 Å². The molecule has 0 aliphatic carbocycles. The molecule has 0 amide bonds. The van der Waals surface area contributed by atoms with E-state index >= 15 is 0 Å². The highest BCUT2D eigenvalue weighted by Gasteiger charge is 2.14. The van der Waals surface area contributed by atoms with Gasteiger partial charge in [-0.15, -0.1) is 0 Å². The Morgan fingerprint density at radius 2 is 1.90 bits per heavy atom. The van der Waals surface area contributed by atoms with Gasteiger partial charge in [-0.3, -0.25) is 11.3 Å². The van der Waals surface area contributed by atoms with E-state index in [-0.39, 0.29) is 11.9 Å². The summed E-state index contributed by atoms with van der Waals surface area (Å²) >= 11 is 12.8. The monoisotopic (exact) mass is 420 g/mol. The van der Waals surface area contributed by atoms with E-state index in [1.54, 1.807) is 12.1 Å². The molecule has 1 atom stereocenters. The molecule has 0 aliphatic rings. The van der Waals surface area contributed by atoms with Gasteiger partial charge in [0, 0.05) is 8.95 Å². The lowest BCUT2D eigenvalue weighted by molar-refractivity contribution is 0.547. The van der Waals surface area contributed by atoms with E-state index in [0.717, 1.165) is 20.1 Å². The Hall–Kier alpha value is -0.460. The number of nitrogens with one attached hydrogen (secondary N) is 1. The molecule has 2 aromatic rings. The van der Waals surface area contributed by atoms with Crippen LogP contribution in [0.3, 0.4) is 0 Å². The first-order chi connectivity index (χ1) is 9.51. The third-order valence-electron chi connectivity index (χ3n) is 2.98. The molecule has 0 saturated carbocycles. The molecule has 0 aliphatic heterocycles. The zero-order chi connectivity index (χ0) is 14.7. The summed E-state index contributed by atoms with van der Waals surface area (Å²) in [5, 5.41) is 0.636. The summed E-state index contributed by atoms with van der Waals surface area (Å²) in [7, 11) is 0. The predicted molar refractivity (Wildman–Crippen MR) is 87.0 cm³/mol. The summed E-state index contributed by atoms with van der Waals surface area (Å²) in [5.74, 6) is 5.35. The van der Waals surface area contributed by atoms with Crippen LogP contribution in [-0.4, -0.2) is 0 Å². The average Bonchev–Trinajstić information content (AvgIpc) is 2.43. The molecule has 3 N–H and O–H groups in total. The fourth-order valence-electron chi connectivity index (χ4n) is 1.92. The zero-order valence-electron chi connectivity index (χ0n) is 10.3. The molecule has 2 aromatic carbocycles. The van der Waals surface area contributed by atoms with Gasteiger partial charge in [0.1, 0.15) is 5.82 Å². The van der Waals surface area contributed by atoms with E-state index in [4.69, 9.17) is 17.4 Å². The van der Waals surface area contributed by atoms with Gasteiger partial charge in [0.25, 0.3) is 0 Å². The molecule has 0 bridgehead atoms. The highest BCUT2D eigenvalue weighted by atomic mass is 79.9. The van der Waals surface area contributed by atoms with Gasteiger partial charge in [-0.1, -0.05) is 33.6 Å². The Morgan fingerprint density at radius 1 is 1.15 bits per heavy atom. The summed E-state index contributed by atoms with van der Waals surface area (Å²) in [6.45, 7) is 0. The van der Waals surface area contributed by atoms with Gasteiger partial charge >= 0.3 is 0 Å².